The average Bonchev–Trinajstić information content (AvgIpc) is 3.01. The number of carboxylic acids is 1. The number of carbonyl (C=O) groups excluding carboxylic acids is 1. The van der Waals surface area contributed by atoms with Crippen molar-refractivity contribution in [3.63, 3.8) is 0 Å². The van der Waals surface area contributed by atoms with Gasteiger partial charge in [0.05, 0.1) is 14.0 Å². The number of fused-ring (bicyclic) bond motifs is 1. The van der Waals surface area contributed by atoms with Gasteiger partial charge in [0.15, 0.2) is 0 Å². The molecule has 1 aliphatic rings. The van der Waals surface area contributed by atoms with Crippen LogP contribution in [0.3, 0.4) is 0 Å². The Bertz CT molecular complexity index is 720. The zero-order valence-corrected chi connectivity index (χ0v) is 14.7. The minimum absolute atomic E-state index is 0.240. The minimum atomic E-state index is -0.954. The van der Waals surface area contributed by atoms with Crippen LogP contribution < -0.4 is 5.32 Å². The highest BCUT2D eigenvalue weighted by Gasteiger charge is 2.26. The molecular formula is C14H12INO3S2. The predicted molar refractivity (Wildman–Crippen MR) is 92.9 cm³/mol. The molecule has 0 spiro atoms. The first-order valence-electron chi connectivity index (χ1n) is 6.49. The maximum Gasteiger partial charge on any atom is 0.339 e. The van der Waals surface area contributed by atoms with E-state index in [9.17, 15) is 14.7 Å². The van der Waals surface area contributed by atoms with Crippen LogP contribution in [0.25, 0.3) is 0 Å². The molecule has 0 unspecified atom stereocenters. The van der Waals surface area contributed by atoms with E-state index in [2.05, 4.69) is 27.9 Å². The summed E-state index contributed by atoms with van der Waals surface area (Å²) in [6.45, 7) is 0. The standard InChI is InChI=1S/C14H12INO3S2/c15-10-5-7(6-20-10)12(17)16-13-11(14(18)19)8-3-1-2-4-9(8)21-13/h5-6H,1-4H2,(H,16,17)(H,18,19). The Labute approximate surface area is 143 Å². The first kappa shape index (κ1) is 15.0. The summed E-state index contributed by atoms with van der Waals surface area (Å²) >= 11 is 5.06. The topological polar surface area (TPSA) is 66.4 Å². The number of aryl methyl sites for hydroxylation is 1. The van der Waals surface area contributed by atoms with Crippen molar-refractivity contribution in [2.75, 3.05) is 5.32 Å². The third kappa shape index (κ3) is 3.00. The molecular weight excluding hydrogens is 421 g/mol. The lowest BCUT2D eigenvalue weighted by Crippen LogP contribution is -2.13. The molecule has 0 saturated heterocycles. The molecule has 2 N–H and O–H groups in total. The van der Waals surface area contributed by atoms with Crippen molar-refractivity contribution < 1.29 is 14.7 Å². The van der Waals surface area contributed by atoms with Gasteiger partial charge in [0.1, 0.15) is 5.00 Å². The Morgan fingerprint density at radius 1 is 1.29 bits per heavy atom. The van der Waals surface area contributed by atoms with Crippen molar-refractivity contribution in [1.82, 2.24) is 0 Å². The second kappa shape index (κ2) is 6.05. The molecule has 3 rings (SSSR count). The molecule has 0 saturated carbocycles. The highest BCUT2D eigenvalue weighted by atomic mass is 127. The third-order valence-corrected chi connectivity index (χ3v) is 6.44. The second-order valence-electron chi connectivity index (χ2n) is 4.81. The molecule has 2 heterocycles. The van der Waals surface area contributed by atoms with E-state index in [1.54, 1.807) is 11.4 Å². The van der Waals surface area contributed by atoms with E-state index in [1.807, 2.05) is 0 Å². The number of hydrogen-bond acceptors (Lipinski definition) is 4. The fraction of sp³-hybridized carbons (Fsp3) is 0.286. The molecule has 7 heteroatoms. The van der Waals surface area contributed by atoms with Crippen LogP contribution in [0.1, 0.15) is 44.0 Å². The summed E-state index contributed by atoms with van der Waals surface area (Å²) in [7, 11) is 0. The van der Waals surface area contributed by atoms with Gasteiger partial charge in [-0.05, 0) is 59.9 Å². The van der Waals surface area contributed by atoms with Crippen molar-refractivity contribution in [3.05, 3.63) is 35.9 Å². The Balaban J connectivity index is 1.93. The van der Waals surface area contributed by atoms with Gasteiger partial charge in [0.25, 0.3) is 5.91 Å². The van der Waals surface area contributed by atoms with Gasteiger partial charge in [0, 0.05) is 10.3 Å². The summed E-state index contributed by atoms with van der Waals surface area (Å²) in [6.07, 6.45) is 3.80. The minimum Gasteiger partial charge on any atom is -0.478 e. The summed E-state index contributed by atoms with van der Waals surface area (Å²) in [4.78, 5) is 24.9. The number of carbonyl (C=O) groups is 2. The first-order valence-corrected chi connectivity index (χ1v) is 9.27. The normalized spacial score (nSPS) is 13.8. The largest absolute Gasteiger partial charge is 0.478 e. The van der Waals surface area contributed by atoms with Gasteiger partial charge < -0.3 is 10.4 Å². The van der Waals surface area contributed by atoms with Crippen LogP contribution >= 0.6 is 45.3 Å². The molecule has 0 bridgehead atoms. The maximum absolute atomic E-state index is 12.2. The number of carboxylic acid groups (broad SMARTS) is 1. The third-order valence-electron chi connectivity index (χ3n) is 3.44. The number of amides is 1. The quantitative estimate of drug-likeness (QED) is 0.712. The highest BCUT2D eigenvalue weighted by Crippen LogP contribution is 2.38. The Morgan fingerprint density at radius 3 is 2.71 bits per heavy atom. The smallest absolute Gasteiger partial charge is 0.339 e. The number of halogens is 1. The molecule has 0 radical (unpaired) electrons. The van der Waals surface area contributed by atoms with Crippen LogP contribution in [0.4, 0.5) is 5.00 Å². The number of nitrogens with one attached hydrogen (secondary N) is 1. The van der Waals surface area contributed by atoms with E-state index in [0.717, 1.165) is 39.0 Å². The lowest BCUT2D eigenvalue weighted by molar-refractivity contribution is 0.0697. The van der Waals surface area contributed by atoms with E-state index in [4.69, 9.17) is 0 Å². The molecule has 110 valence electrons. The number of anilines is 1. The van der Waals surface area contributed by atoms with Crippen LogP contribution in [0.15, 0.2) is 11.4 Å². The van der Waals surface area contributed by atoms with Crippen molar-refractivity contribution >= 4 is 62.1 Å². The summed E-state index contributed by atoms with van der Waals surface area (Å²) in [5, 5.41) is 14.5. The van der Waals surface area contributed by atoms with Crippen LogP contribution in [-0.2, 0) is 12.8 Å². The molecule has 4 nitrogen and oxygen atoms in total. The first-order chi connectivity index (χ1) is 10.1. The number of hydrogen-bond donors (Lipinski definition) is 2. The lowest BCUT2D eigenvalue weighted by Gasteiger charge is -2.10. The van der Waals surface area contributed by atoms with Crippen LogP contribution in [0.2, 0.25) is 0 Å². The number of aromatic carboxylic acids is 1. The van der Waals surface area contributed by atoms with Crippen molar-refractivity contribution in [1.29, 1.82) is 0 Å². The number of thiophene rings is 2. The summed E-state index contributed by atoms with van der Waals surface area (Å²) in [6, 6.07) is 1.80. The van der Waals surface area contributed by atoms with Crippen molar-refractivity contribution in [2.45, 2.75) is 25.7 Å². The SMILES string of the molecule is O=C(Nc1sc2c(c1C(=O)O)CCCC2)c1csc(I)c1. The molecule has 1 aliphatic carbocycles. The van der Waals surface area contributed by atoms with Gasteiger partial charge in [0.2, 0.25) is 0 Å². The van der Waals surface area contributed by atoms with E-state index in [-0.39, 0.29) is 11.5 Å². The zero-order chi connectivity index (χ0) is 15.0. The highest BCUT2D eigenvalue weighted by molar-refractivity contribution is 14.1. The molecule has 0 aliphatic heterocycles. The molecule has 21 heavy (non-hydrogen) atoms. The van der Waals surface area contributed by atoms with Crippen LogP contribution in [0, 0.1) is 2.88 Å². The van der Waals surface area contributed by atoms with Crippen molar-refractivity contribution in [3.8, 4) is 0 Å². The predicted octanol–water partition coefficient (Wildman–Crippen LogP) is 4.24. The molecule has 0 aromatic carbocycles. The molecule has 1 amide bonds. The van der Waals surface area contributed by atoms with E-state index in [0.29, 0.717) is 10.6 Å². The Hall–Kier alpha value is -0.930. The van der Waals surface area contributed by atoms with Gasteiger partial charge in [-0.2, -0.15) is 0 Å². The monoisotopic (exact) mass is 433 g/mol. The summed E-state index contributed by atoms with van der Waals surface area (Å²) in [5.74, 6) is -1.19. The fourth-order valence-corrected chi connectivity index (χ4v) is 5.09. The van der Waals surface area contributed by atoms with Gasteiger partial charge in [-0.1, -0.05) is 0 Å². The Morgan fingerprint density at radius 2 is 2.05 bits per heavy atom. The van der Waals surface area contributed by atoms with Crippen molar-refractivity contribution in [2.24, 2.45) is 0 Å². The van der Waals surface area contributed by atoms with Gasteiger partial charge in [-0.25, -0.2) is 4.79 Å². The molecule has 0 atom stereocenters. The molecule has 2 aromatic heterocycles. The zero-order valence-electron chi connectivity index (χ0n) is 10.9. The number of rotatable bonds is 3. The lowest BCUT2D eigenvalue weighted by atomic mass is 9.95. The second-order valence-corrected chi connectivity index (χ2v) is 8.72. The van der Waals surface area contributed by atoms with E-state index in [1.165, 1.54) is 22.7 Å². The maximum atomic E-state index is 12.2. The molecule has 2 aromatic rings. The van der Waals surface area contributed by atoms with Gasteiger partial charge >= 0.3 is 5.97 Å². The van der Waals surface area contributed by atoms with Crippen LogP contribution in [-0.4, -0.2) is 17.0 Å². The summed E-state index contributed by atoms with van der Waals surface area (Å²) < 4.78 is 1.03. The Kier molecular flexibility index (Phi) is 4.32. The van der Waals surface area contributed by atoms with Gasteiger partial charge in [-0.3, -0.25) is 4.79 Å². The van der Waals surface area contributed by atoms with Gasteiger partial charge in [-0.15, -0.1) is 22.7 Å². The average molecular weight is 433 g/mol. The summed E-state index contributed by atoms with van der Waals surface area (Å²) in [5.41, 5.74) is 1.77. The molecule has 0 fully saturated rings. The van der Waals surface area contributed by atoms with Crippen LogP contribution in [0.5, 0.6) is 0 Å². The van der Waals surface area contributed by atoms with E-state index < -0.39 is 5.97 Å². The fourth-order valence-electron chi connectivity index (χ4n) is 2.48. The van der Waals surface area contributed by atoms with E-state index >= 15 is 0 Å².